The van der Waals surface area contributed by atoms with E-state index in [4.69, 9.17) is 4.43 Å². The SMILES string of the molecule is CC(C)[Si](OCc1nn(C)cc1-c1ccnnc1)(C(C)C)C(C)C. The fourth-order valence-corrected chi connectivity index (χ4v) is 9.41. The Morgan fingerprint density at radius 2 is 1.67 bits per heavy atom. The van der Waals surface area contributed by atoms with Gasteiger partial charge in [0.15, 0.2) is 0 Å². The normalized spacial score (nSPS) is 12.6. The van der Waals surface area contributed by atoms with Gasteiger partial charge in [0, 0.05) is 24.4 Å². The van der Waals surface area contributed by atoms with E-state index in [2.05, 4.69) is 56.8 Å². The summed E-state index contributed by atoms with van der Waals surface area (Å²) in [7, 11) is 0.0419. The van der Waals surface area contributed by atoms with Crippen LogP contribution in [0.15, 0.2) is 24.7 Å². The van der Waals surface area contributed by atoms with Gasteiger partial charge in [-0.1, -0.05) is 41.5 Å². The van der Waals surface area contributed by atoms with Crippen LogP contribution < -0.4 is 0 Å². The summed E-state index contributed by atoms with van der Waals surface area (Å²) in [5, 5.41) is 12.5. The summed E-state index contributed by atoms with van der Waals surface area (Å²) < 4.78 is 8.55. The van der Waals surface area contributed by atoms with Gasteiger partial charge in [0.05, 0.1) is 24.7 Å². The quantitative estimate of drug-likeness (QED) is 0.689. The van der Waals surface area contributed by atoms with Gasteiger partial charge in [0.25, 0.3) is 0 Å². The number of hydrogen-bond donors (Lipinski definition) is 0. The topological polar surface area (TPSA) is 52.8 Å². The van der Waals surface area contributed by atoms with Crippen molar-refractivity contribution in [1.82, 2.24) is 20.0 Å². The largest absolute Gasteiger partial charge is 0.410 e. The van der Waals surface area contributed by atoms with Crippen molar-refractivity contribution in [3.8, 4) is 11.1 Å². The van der Waals surface area contributed by atoms with E-state index in [1.54, 1.807) is 12.4 Å². The van der Waals surface area contributed by atoms with Crippen LogP contribution in [0.4, 0.5) is 0 Å². The van der Waals surface area contributed by atoms with Crippen molar-refractivity contribution >= 4 is 8.32 Å². The number of hydrogen-bond acceptors (Lipinski definition) is 4. The molecule has 0 radical (unpaired) electrons. The Bertz CT molecular complexity index is 631. The highest BCUT2D eigenvalue weighted by atomic mass is 28.4. The summed E-state index contributed by atoms with van der Waals surface area (Å²) >= 11 is 0. The Hall–Kier alpha value is -1.53. The fraction of sp³-hybridized carbons (Fsp3) is 0.611. The zero-order valence-corrected chi connectivity index (χ0v) is 16.9. The van der Waals surface area contributed by atoms with E-state index in [0.29, 0.717) is 23.2 Å². The Kier molecular flexibility index (Phi) is 5.93. The van der Waals surface area contributed by atoms with Crippen molar-refractivity contribution in [2.75, 3.05) is 0 Å². The molecule has 0 spiro atoms. The van der Waals surface area contributed by atoms with Crippen LogP contribution in [-0.2, 0) is 18.1 Å². The van der Waals surface area contributed by atoms with Gasteiger partial charge < -0.3 is 4.43 Å². The fourth-order valence-electron chi connectivity index (χ4n) is 4.03. The van der Waals surface area contributed by atoms with E-state index < -0.39 is 8.32 Å². The predicted molar refractivity (Wildman–Crippen MR) is 100 cm³/mol. The first-order valence-corrected chi connectivity index (χ1v) is 10.9. The number of rotatable bonds is 7. The molecule has 5 nitrogen and oxygen atoms in total. The zero-order valence-electron chi connectivity index (χ0n) is 15.9. The highest BCUT2D eigenvalue weighted by Crippen LogP contribution is 2.43. The molecule has 0 amide bonds. The van der Waals surface area contributed by atoms with Crippen molar-refractivity contribution in [2.24, 2.45) is 7.05 Å². The number of aromatic nitrogens is 4. The average molecular weight is 347 g/mol. The molecule has 2 heterocycles. The van der Waals surface area contributed by atoms with Gasteiger partial charge in [-0.05, 0) is 22.7 Å². The Labute approximate surface area is 146 Å². The molecule has 0 N–H and O–H groups in total. The number of aryl methyl sites for hydroxylation is 1. The molecule has 0 unspecified atom stereocenters. The van der Waals surface area contributed by atoms with Crippen LogP contribution in [0.3, 0.4) is 0 Å². The van der Waals surface area contributed by atoms with Crippen LogP contribution in [-0.4, -0.2) is 28.3 Å². The molecule has 0 fully saturated rings. The monoisotopic (exact) mass is 346 g/mol. The third kappa shape index (κ3) is 3.59. The second-order valence-corrected chi connectivity index (χ2v) is 12.9. The summed E-state index contributed by atoms with van der Waals surface area (Å²) in [4.78, 5) is 0. The highest BCUT2D eigenvalue weighted by molar-refractivity contribution is 6.77. The highest BCUT2D eigenvalue weighted by Gasteiger charge is 2.45. The first-order chi connectivity index (χ1) is 11.3. The molecular weight excluding hydrogens is 316 g/mol. The summed E-state index contributed by atoms with van der Waals surface area (Å²) in [5.41, 5.74) is 4.77. The molecule has 0 aliphatic rings. The molecule has 132 valence electrons. The van der Waals surface area contributed by atoms with Crippen LogP contribution in [0.25, 0.3) is 11.1 Å². The molecule has 2 aromatic heterocycles. The summed E-state index contributed by atoms with van der Waals surface area (Å²) in [6, 6.07) is 1.96. The summed E-state index contributed by atoms with van der Waals surface area (Å²) in [5.74, 6) is 0. The molecule has 0 aliphatic carbocycles. The standard InChI is InChI=1S/C18H30N4OSi/c1-13(2)24(14(3)4,15(5)6)23-12-18-17(11-22(7)21-18)16-8-9-19-20-10-16/h8-11,13-15H,12H2,1-7H3. The summed E-state index contributed by atoms with van der Waals surface area (Å²) in [6.07, 6.45) is 5.51. The van der Waals surface area contributed by atoms with Gasteiger partial charge in [-0.3, -0.25) is 4.68 Å². The molecule has 0 saturated carbocycles. The zero-order chi connectivity index (χ0) is 17.9. The molecule has 0 saturated heterocycles. The van der Waals surface area contributed by atoms with Crippen molar-refractivity contribution in [3.63, 3.8) is 0 Å². The van der Waals surface area contributed by atoms with E-state index >= 15 is 0 Å². The maximum Gasteiger partial charge on any atom is 0.200 e. The van der Waals surface area contributed by atoms with Crippen molar-refractivity contribution in [1.29, 1.82) is 0 Å². The van der Waals surface area contributed by atoms with Crippen LogP contribution >= 0.6 is 0 Å². The van der Waals surface area contributed by atoms with Gasteiger partial charge in [0.1, 0.15) is 0 Å². The lowest BCUT2D eigenvalue weighted by Gasteiger charge is -2.42. The van der Waals surface area contributed by atoms with Gasteiger partial charge in [-0.15, -0.1) is 0 Å². The van der Waals surface area contributed by atoms with Gasteiger partial charge in [-0.25, -0.2) is 0 Å². The molecular formula is C18H30N4OSi. The van der Waals surface area contributed by atoms with E-state index in [-0.39, 0.29) is 0 Å². The first-order valence-electron chi connectivity index (χ1n) is 8.72. The third-order valence-electron chi connectivity index (χ3n) is 4.97. The second-order valence-electron chi connectivity index (χ2n) is 7.40. The van der Waals surface area contributed by atoms with E-state index in [1.807, 2.05) is 24.0 Å². The molecule has 6 heteroatoms. The molecule has 0 bridgehead atoms. The minimum atomic E-state index is -1.90. The molecule has 2 aromatic rings. The third-order valence-corrected chi connectivity index (χ3v) is 11.0. The predicted octanol–water partition coefficient (Wildman–Crippen LogP) is 4.57. The van der Waals surface area contributed by atoms with Crippen molar-refractivity contribution in [2.45, 2.75) is 64.8 Å². The van der Waals surface area contributed by atoms with E-state index in [0.717, 1.165) is 16.8 Å². The first kappa shape index (κ1) is 18.8. The van der Waals surface area contributed by atoms with E-state index in [9.17, 15) is 0 Å². The lowest BCUT2D eigenvalue weighted by Crippen LogP contribution is -2.47. The van der Waals surface area contributed by atoms with Crippen LogP contribution in [0, 0.1) is 0 Å². The van der Waals surface area contributed by atoms with Crippen molar-refractivity contribution < 1.29 is 4.43 Å². The smallest absolute Gasteiger partial charge is 0.200 e. The van der Waals surface area contributed by atoms with Crippen molar-refractivity contribution in [3.05, 3.63) is 30.4 Å². The Morgan fingerprint density at radius 1 is 1.04 bits per heavy atom. The summed E-state index contributed by atoms with van der Waals surface area (Å²) in [6.45, 7) is 14.4. The van der Waals surface area contributed by atoms with Gasteiger partial charge in [-0.2, -0.15) is 15.3 Å². The molecule has 24 heavy (non-hydrogen) atoms. The van der Waals surface area contributed by atoms with Gasteiger partial charge in [0.2, 0.25) is 8.32 Å². The number of nitrogens with zero attached hydrogens (tertiary/aromatic N) is 4. The lowest BCUT2D eigenvalue weighted by atomic mass is 10.1. The minimum Gasteiger partial charge on any atom is -0.410 e. The minimum absolute atomic E-state index is 0.555. The average Bonchev–Trinajstić information content (AvgIpc) is 2.88. The Morgan fingerprint density at radius 3 is 2.17 bits per heavy atom. The Balaban J connectivity index is 2.31. The molecule has 0 atom stereocenters. The van der Waals surface area contributed by atoms with Crippen LogP contribution in [0.2, 0.25) is 16.6 Å². The maximum absolute atomic E-state index is 6.70. The van der Waals surface area contributed by atoms with Crippen LogP contribution in [0.1, 0.15) is 47.2 Å². The van der Waals surface area contributed by atoms with E-state index in [1.165, 1.54) is 0 Å². The van der Waals surface area contributed by atoms with Crippen LogP contribution in [0.5, 0.6) is 0 Å². The maximum atomic E-state index is 6.70. The van der Waals surface area contributed by atoms with Gasteiger partial charge >= 0.3 is 0 Å². The second kappa shape index (κ2) is 7.57. The molecule has 2 rings (SSSR count). The lowest BCUT2D eigenvalue weighted by molar-refractivity contribution is 0.261. The molecule has 0 aliphatic heterocycles. The molecule has 0 aromatic carbocycles.